The first-order chi connectivity index (χ1) is 16.6. The maximum Gasteiger partial charge on any atom is 0.246 e. The van der Waals surface area contributed by atoms with Crippen molar-refractivity contribution < 1.29 is 9.52 Å². The van der Waals surface area contributed by atoms with E-state index < -0.39 is 0 Å². The first kappa shape index (κ1) is 20.3. The summed E-state index contributed by atoms with van der Waals surface area (Å²) >= 11 is 0. The zero-order valence-electron chi connectivity index (χ0n) is 18.4. The van der Waals surface area contributed by atoms with E-state index in [1.165, 1.54) is 0 Å². The minimum atomic E-state index is -0.0525. The summed E-state index contributed by atoms with van der Waals surface area (Å²) < 4.78 is 7.88. The number of nitrogens with zero attached hydrogens (tertiary/aromatic N) is 6. The molecular formula is C26H20N6O2. The lowest BCUT2D eigenvalue weighted by Crippen LogP contribution is -1.97. The number of pyridine rings is 1. The second kappa shape index (κ2) is 7.90. The van der Waals surface area contributed by atoms with Crippen molar-refractivity contribution in [3.8, 4) is 34.1 Å². The smallest absolute Gasteiger partial charge is 0.246 e. The van der Waals surface area contributed by atoms with Crippen LogP contribution in [-0.4, -0.2) is 29.8 Å². The molecule has 3 aromatic heterocycles. The normalized spacial score (nSPS) is 13.3. The zero-order chi connectivity index (χ0) is 23.2. The van der Waals surface area contributed by atoms with E-state index in [1.54, 1.807) is 6.33 Å². The molecule has 1 N–H and O–H groups in total. The SMILES string of the molecule is [C-]#[N+]c1ccc(-c2cc(-c3nc4cc(CO)ccc4o3)nc(C3CC3)c2)c(-c2nncn2C)c1. The molecule has 3 heterocycles. The van der Waals surface area contributed by atoms with E-state index in [4.69, 9.17) is 16.0 Å². The van der Waals surface area contributed by atoms with Gasteiger partial charge < -0.3 is 14.1 Å². The van der Waals surface area contributed by atoms with Crippen molar-refractivity contribution in [1.29, 1.82) is 0 Å². The Morgan fingerprint density at radius 2 is 1.97 bits per heavy atom. The van der Waals surface area contributed by atoms with Gasteiger partial charge in [-0.1, -0.05) is 18.2 Å². The Bertz CT molecular complexity index is 1590. The van der Waals surface area contributed by atoms with Crippen LogP contribution in [0.1, 0.15) is 30.0 Å². The van der Waals surface area contributed by atoms with E-state index in [0.717, 1.165) is 40.8 Å². The Kier molecular flexibility index (Phi) is 4.71. The fraction of sp³-hybridized carbons (Fsp3) is 0.192. The Morgan fingerprint density at radius 3 is 2.71 bits per heavy atom. The quantitative estimate of drug-likeness (QED) is 0.368. The molecule has 0 aliphatic heterocycles. The van der Waals surface area contributed by atoms with Crippen molar-refractivity contribution in [2.75, 3.05) is 0 Å². The standard InChI is InChI=1S/C26H20N6O2/c1-27-18-6-7-19(20(12-18)25-31-28-14-32(25)2)17-10-21(16-4-5-16)29-23(11-17)26-30-22-9-15(13-33)3-8-24(22)34-26/h3,6-12,14,16,33H,4-5,13H2,2H3. The number of oxazole rings is 1. The molecule has 0 atom stereocenters. The lowest BCUT2D eigenvalue weighted by atomic mass is 9.97. The third-order valence-corrected chi connectivity index (χ3v) is 6.09. The Hall–Kier alpha value is -4.35. The topological polar surface area (TPSA) is 94.2 Å². The summed E-state index contributed by atoms with van der Waals surface area (Å²) in [6.07, 6.45) is 3.86. The average Bonchev–Trinajstić information content (AvgIpc) is 3.50. The van der Waals surface area contributed by atoms with E-state index in [0.29, 0.717) is 40.1 Å². The van der Waals surface area contributed by atoms with E-state index in [2.05, 4.69) is 26.1 Å². The van der Waals surface area contributed by atoms with Gasteiger partial charge in [0.2, 0.25) is 5.89 Å². The fourth-order valence-corrected chi connectivity index (χ4v) is 4.15. The molecule has 2 aromatic carbocycles. The van der Waals surface area contributed by atoms with Crippen LogP contribution in [-0.2, 0) is 13.7 Å². The molecule has 1 aliphatic carbocycles. The monoisotopic (exact) mass is 448 g/mol. The molecule has 0 bridgehead atoms. The summed E-state index contributed by atoms with van der Waals surface area (Å²) in [5.41, 5.74) is 7.03. The largest absolute Gasteiger partial charge is 0.435 e. The van der Waals surface area contributed by atoms with Crippen molar-refractivity contribution in [2.24, 2.45) is 7.05 Å². The molecule has 1 aliphatic rings. The summed E-state index contributed by atoms with van der Waals surface area (Å²) in [5, 5.41) is 17.8. The fourth-order valence-electron chi connectivity index (χ4n) is 4.15. The van der Waals surface area contributed by atoms with E-state index in [-0.39, 0.29) is 6.61 Å². The molecule has 8 heteroatoms. The second-order valence-corrected chi connectivity index (χ2v) is 8.53. The lowest BCUT2D eigenvalue weighted by molar-refractivity contribution is 0.282. The highest BCUT2D eigenvalue weighted by Crippen LogP contribution is 2.43. The van der Waals surface area contributed by atoms with Crippen molar-refractivity contribution in [3.05, 3.63) is 77.5 Å². The van der Waals surface area contributed by atoms with Crippen LogP contribution in [0, 0.1) is 6.57 Å². The predicted octanol–water partition coefficient (Wildman–Crippen LogP) is 5.27. The summed E-state index contributed by atoms with van der Waals surface area (Å²) in [6, 6.07) is 15.2. The molecule has 1 saturated carbocycles. The van der Waals surface area contributed by atoms with E-state index in [1.807, 2.05) is 54.1 Å². The van der Waals surface area contributed by atoms with Crippen LogP contribution in [0.4, 0.5) is 5.69 Å². The summed E-state index contributed by atoms with van der Waals surface area (Å²) in [6.45, 7) is 7.41. The van der Waals surface area contributed by atoms with Crippen LogP contribution in [0.3, 0.4) is 0 Å². The number of aliphatic hydroxyl groups excluding tert-OH is 1. The van der Waals surface area contributed by atoms with Crippen LogP contribution in [0.2, 0.25) is 0 Å². The highest BCUT2D eigenvalue weighted by molar-refractivity contribution is 5.85. The molecule has 34 heavy (non-hydrogen) atoms. The molecule has 0 radical (unpaired) electrons. The average molecular weight is 448 g/mol. The summed E-state index contributed by atoms with van der Waals surface area (Å²) in [5.74, 6) is 1.54. The molecule has 6 rings (SSSR count). The van der Waals surface area contributed by atoms with Gasteiger partial charge >= 0.3 is 0 Å². The Balaban J connectivity index is 1.54. The number of rotatable bonds is 5. The molecule has 0 saturated heterocycles. The number of fused-ring (bicyclic) bond motifs is 1. The van der Waals surface area contributed by atoms with Crippen LogP contribution in [0.5, 0.6) is 0 Å². The summed E-state index contributed by atoms with van der Waals surface area (Å²) in [4.78, 5) is 13.1. The van der Waals surface area contributed by atoms with Gasteiger partial charge in [0.15, 0.2) is 17.1 Å². The highest BCUT2D eigenvalue weighted by atomic mass is 16.3. The number of hydrogen-bond donors (Lipinski definition) is 1. The Morgan fingerprint density at radius 1 is 1.09 bits per heavy atom. The molecule has 1 fully saturated rings. The molecule has 0 unspecified atom stereocenters. The molecule has 5 aromatic rings. The minimum Gasteiger partial charge on any atom is -0.435 e. The van der Waals surface area contributed by atoms with Gasteiger partial charge in [-0.25, -0.2) is 14.8 Å². The van der Waals surface area contributed by atoms with Gasteiger partial charge in [0.05, 0.1) is 13.2 Å². The van der Waals surface area contributed by atoms with Gasteiger partial charge in [0.25, 0.3) is 0 Å². The second-order valence-electron chi connectivity index (χ2n) is 8.53. The van der Waals surface area contributed by atoms with Crippen molar-refractivity contribution in [3.63, 3.8) is 0 Å². The number of benzene rings is 2. The van der Waals surface area contributed by atoms with Crippen molar-refractivity contribution in [1.82, 2.24) is 24.7 Å². The van der Waals surface area contributed by atoms with E-state index in [9.17, 15) is 5.11 Å². The third kappa shape index (κ3) is 3.52. The van der Waals surface area contributed by atoms with Crippen LogP contribution < -0.4 is 0 Å². The minimum absolute atomic E-state index is 0.0525. The maximum atomic E-state index is 9.45. The molecule has 0 spiro atoms. The van der Waals surface area contributed by atoms with Crippen LogP contribution >= 0.6 is 0 Å². The van der Waals surface area contributed by atoms with Crippen molar-refractivity contribution in [2.45, 2.75) is 25.4 Å². The first-order valence-corrected chi connectivity index (χ1v) is 11.0. The number of aryl methyl sites for hydroxylation is 1. The highest BCUT2D eigenvalue weighted by Gasteiger charge is 2.27. The van der Waals surface area contributed by atoms with Gasteiger partial charge in [-0.3, -0.25) is 0 Å². The van der Waals surface area contributed by atoms with Crippen LogP contribution in [0.15, 0.2) is 59.3 Å². The molecule has 0 amide bonds. The lowest BCUT2D eigenvalue weighted by Gasteiger charge is -2.12. The van der Waals surface area contributed by atoms with Gasteiger partial charge in [-0.15, -0.1) is 10.2 Å². The Labute approximate surface area is 195 Å². The zero-order valence-corrected chi connectivity index (χ0v) is 18.4. The number of aliphatic hydroxyl groups is 1. The number of hydrogen-bond acceptors (Lipinski definition) is 6. The predicted molar refractivity (Wildman–Crippen MR) is 127 cm³/mol. The number of aromatic nitrogens is 5. The van der Waals surface area contributed by atoms with Gasteiger partial charge in [0.1, 0.15) is 17.5 Å². The molecule has 8 nitrogen and oxygen atoms in total. The first-order valence-electron chi connectivity index (χ1n) is 11.0. The van der Waals surface area contributed by atoms with E-state index >= 15 is 0 Å². The van der Waals surface area contributed by atoms with Crippen molar-refractivity contribution >= 4 is 16.8 Å². The van der Waals surface area contributed by atoms with Gasteiger partial charge in [0, 0.05) is 24.2 Å². The molecule has 166 valence electrons. The van der Waals surface area contributed by atoms with Crippen LogP contribution in [0.25, 0.3) is 50.0 Å². The summed E-state index contributed by atoms with van der Waals surface area (Å²) in [7, 11) is 1.89. The van der Waals surface area contributed by atoms with Gasteiger partial charge in [-0.05, 0) is 59.9 Å². The maximum absolute atomic E-state index is 9.45. The van der Waals surface area contributed by atoms with Gasteiger partial charge in [-0.2, -0.15) is 0 Å². The molecular weight excluding hydrogens is 428 g/mol. The third-order valence-electron chi connectivity index (χ3n) is 6.09.